The van der Waals surface area contributed by atoms with Gasteiger partial charge < -0.3 is 24.4 Å². The number of anilines is 1. The summed E-state index contributed by atoms with van der Waals surface area (Å²) in [6.07, 6.45) is 0. The number of carbonyl (C=O) groups excluding carboxylic acids is 2. The van der Waals surface area contributed by atoms with Crippen molar-refractivity contribution in [3.63, 3.8) is 0 Å². The fraction of sp³-hybridized carbons (Fsp3) is 0.391. The van der Waals surface area contributed by atoms with Gasteiger partial charge in [0.15, 0.2) is 18.1 Å². The number of hydrogen-bond acceptors (Lipinski definition) is 5. The van der Waals surface area contributed by atoms with E-state index in [1.54, 1.807) is 23.1 Å². The number of benzene rings is 2. The minimum absolute atomic E-state index is 0.0892. The summed E-state index contributed by atoms with van der Waals surface area (Å²) in [7, 11) is 0. The Hall–Kier alpha value is -3.06. The number of carbonyl (C=O) groups is 2. The lowest BCUT2D eigenvalue weighted by Crippen LogP contribution is -2.43. The molecule has 0 aromatic heterocycles. The van der Waals surface area contributed by atoms with E-state index in [4.69, 9.17) is 14.2 Å². The SMILES string of the molecule is CCOc1cc(C(=O)Nc2cccc(C)c2C)ccc1OCC(=O)N1CCOCC1. The van der Waals surface area contributed by atoms with E-state index < -0.39 is 0 Å². The molecule has 1 saturated heterocycles. The lowest BCUT2D eigenvalue weighted by atomic mass is 10.1. The zero-order valence-corrected chi connectivity index (χ0v) is 17.7. The van der Waals surface area contributed by atoms with Crippen LogP contribution in [-0.2, 0) is 9.53 Å². The predicted octanol–water partition coefficient (Wildman–Crippen LogP) is 3.19. The number of nitrogens with one attached hydrogen (secondary N) is 1. The third-order valence-electron chi connectivity index (χ3n) is 5.07. The van der Waals surface area contributed by atoms with Crippen LogP contribution < -0.4 is 14.8 Å². The van der Waals surface area contributed by atoms with E-state index in [1.165, 1.54) is 0 Å². The highest BCUT2D eigenvalue weighted by Crippen LogP contribution is 2.29. The molecule has 1 fully saturated rings. The van der Waals surface area contributed by atoms with Crippen molar-refractivity contribution in [3.05, 3.63) is 53.1 Å². The Morgan fingerprint density at radius 2 is 1.83 bits per heavy atom. The van der Waals surface area contributed by atoms with Crippen LogP contribution in [0.4, 0.5) is 5.69 Å². The number of morpholine rings is 1. The Morgan fingerprint density at radius 1 is 1.07 bits per heavy atom. The summed E-state index contributed by atoms with van der Waals surface area (Å²) < 4.78 is 16.6. The Labute approximate surface area is 176 Å². The van der Waals surface area contributed by atoms with Gasteiger partial charge in [0.2, 0.25) is 0 Å². The minimum Gasteiger partial charge on any atom is -0.490 e. The maximum Gasteiger partial charge on any atom is 0.260 e. The molecule has 2 amide bonds. The molecular weight excluding hydrogens is 384 g/mol. The van der Waals surface area contributed by atoms with Gasteiger partial charge in [0, 0.05) is 24.3 Å². The smallest absolute Gasteiger partial charge is 0.260 e. The minimum atomic E-state index is -0.236. The summed E-state index contributed by atoms with van der Waals surface area (Å²) in [5.74, 6) is 0.528. The maximum absolute atomic E-state index is 12.7. The van der Waals surface area contributed by atoms with E-state index in [-0.39, 0.29) is 18.4 Å². The van der Waals surface area contributed by atoms with Gasteiger partial charge in [0.05, 0.1) is 19.8 Å². The number of nitrogens with zero attached hydrogens (tertiary/aromatic N) is 1. The molecule has 1 aliphatic rings. The van der Waals surface area contributed by atoms with Crippen molar-refractivity contribution >= 4 is 17.5 Å². The molecule has 2 aromatic carbocycles. The zero-order valence-electron chi connectivity index (χ0n) is 17.7. The van der Waals surface area contributed by atoms with E-state index in [0.29, 0.717) is 50.0 Å². The summed E-state index contributed by atoms with van der Waals surface area (Å²) in [6.45, 7) is 8.37. The molecule has 1 heterocycles. The second kappa shape index (κ2) is 10.1. The van der Waals surface area contributed by atoms with Crippen molar-refractivity contribution in [2.24, 2.45) is 0 Å². The molecule has 0 aliphatic carbocycles. The van der Waals surface area contributed by atoms with Crippen molar-refractivity contribution < 1.29 is 23.8 Å². The Bertz CT molecular complexity index is 906. The molecule has 0 saturated carbocycles. The third-order valence-corrected chi connectivity index (χ3v) is 5.07. The van der Waals surface area contributed by atoms with Gasteiger partial charge in [0.1, 0.15) is 0 Å². The van der Waals surface area contributed by atoms with Gasteiger partial charge >= 0.3 is 0 Å². The van der Waals surface area contributed by atoms with Crippen molar-refractivity contribution in [2.45, 2.75) is 20.8 Å². The maximum atomic E-state index is 12.7. The molecule has 0 spiro atoms. The van der Waals surface area contributed by atoms with Crippen molar-refractivity contribution in [1.29, 1.82) is 0 Å². The van der Waals surface area contributed by atoms with Gasteiger partial charge in [0.25, 0.3) is 11.8 Å². The molecule has 1 N–H and O–H groups in total. The van der Waals surface area contributed by atoms with Crippen LogP contribution in [0.2, 0.25) is 0 Å². The fourth-order valence-corrected chi connectivity index (χ4v) is 3.16. The van der Waals surface area contributed by atoms with E-state index in [9.17, 15) is 9.59 Å². The number of rotatable bonds is 7. The molecule has 0 radical (unpaired) electrons. The molecule has 30 heavy (non-hydrogen) atoms. The number of ether oxygens (including phenoxy) is 3. The van der Waals surface area contributed by atoms with Crippen molar-refractivity contribution in [2.75, 3.05) is 44.8 Å². The topological polar surface area (TPSA) is 77.1 Å². The van der Waals surface area contributed by atoms with Gasteiger partial charge in [-0.3, -0.25) is 9.59 Å². The van der Waals surface area contributed by atoms with Crippen LogP contribution in [0.5, 0.6) is 11.5 Å². The first-order valence-electron chi connectivity index (χ1n) is 10.1. The van der Waals surface area contributed by atoms with Crippen LogP contribution in [0, 0.1) is 13.8 Å². The standard InChI is InChI=1S/C23H28N2O5/c1-4-29-21-14-18(23(27)24-19-7-5-6-16(2)17(19)3)8-9-20(21)30-15-22(26)25-10-12-28-13-11-25/h5-9,14H,4,10-13,15H2,1-3H3,(H,24,27). The normalized spacial score (nSPS) is 13.6. The van der Waals surface area contributed by atoms with Gasteiger partial charge in [-0.15, -0.1) is 0 Å². The Kier molecular flexibility index (Phi) is 7.30. The number of hydrogen-bond donors (Lipinski definition) is 1. The van der Waals surface area contributed by atoms with Gasteiger partial charge in [-0.1, -0.05) is 12.1 Å². The molecular formula is C23H28N2O5. The predicted molar refractivity (Wildman–Crippen MR) is 114 cm³/mol. The molecule has 7 nitrogen and oxygen atoms in total. The Morgan fingerprint density at radius 3 is 2.57 bits per heavy atom. The van der Waals surface area contributed by atoms with E-state index >= 15 is 0 Å². The van der Waals surface area contributed by atoms with Crippen LogP contribution in [0.15, 0.2) is 36.4 Å². The highest BCUT2D eigenvalue weighted by atomic mass is 16.5. The quantitative estimate of drug-likeness (QED) is 0.756. The second-order valence-corrected chi connectivity index (χ2v) is 7.08. The lowest BCUT2D eigenvalue weighted by Gasteiger charge is -2.26. The van der Waals surface area contributed by atoms with Gasteiger partial charge in [-0.25, -0.2) is 0 Å². The first-order valence-corrected chi connectivity index (χ1v) is 10.1. The summed E-state index contributed by atoms with van der Waals surface area (Å²) in [5, 5.41) is 2.94. The molecule has 1 aliphatic heterocycles. The number of amides is 2. The third kappa shape index (κ3) is 5.30. The summed E-state index contributed by atoms with van der Waals surface area (Å²) in [6, 6.07) is 10.7. The Balaban J connectivity index is 1.70. The highest BCUT2D eigenvalue weighted by Gasteiger charge is 2.19. The average Bonchev–Trinajstić information content (AvgIpc) is 2.76. The first-order chi connectivity index (χ1) is 14.5. The molecule has 3 rings (SSSR count). The van der Waals surface area contributed by atoms with Crippen LogP contribution in [0.25, 0.3) is 0 Å². The van der Waals surface area contributed by atoms with Crippen LogP contribution in [0.1, 0.15) is 28.4 Å². The van der Waals surface area contributed by atoms with Crippen LogP contribution in [-0.4, -0.2) is 56.2 Å². The molecule has 0 unspecified atom stereocenters. The van der Waals surface area contributed by atoms with E-state index in [0.717, 1.165) is 16.8 Å². The molecule has 7 heteroatoms. The fourth-order valence-electron chi connectivity index (χ4n) is 3.16. The second-order valence-electron chi connectivity index (χ2n) is 7.08. The monoisotopic (exact) mass is 412 g/mol. The molecule has 0 bridgehead atoms. The first kappa shape index (κ1) is 21.6. The largest absolute Gasteiger partial charge is 0.490 e. The highest BCUT2D eigenvalue weighted by molar-refractivity contribution is 6.05. The zero-order chi connectivity index (χ0) is 21.5. The average molecular weight is 412 g/mol. The van der Waals surface area contributed by atoms with Crippen molar-refractivity contribution in [1.82, 2.24) is 4.90 Å². The number of aryl methyl sites for hydroxylation is 1. The van der Waals surface area contributed by atoms with Crippen LogP contribution >= 0.6 is 0 Å². The van der Waals surface area contributed by atoms with Gasteiger partial charge in [-0.05, 0) is 56.2 Å². The van der Waals surface area contributed by atoms with Gasteiger partial charge in [-0.2, -0.15) is 0 Å². The summed E-state index contributed by atoms with van der Waals surface area (Å²) in [5.41, 5.74) is 3.36. The summed E-state index contributed by atoms with van der Waals surface area (Å²) >= 11 is 0. The van der Waals surface area contributed by atoms with Crippen molar-refractivity contribution in [3.8, 4) is 11.5 Å². The molecule has 160 valence electrons. The lowest BCUT2D eigenvalue weighted by molar-refractivity contribution is -0.137. The molecule has 2 aromatic rings. The van der Waals surface area contributed by atoms with E-state index in [1.807, 2.05) is 39.0 Å². The molecule has 0 atom stereocenters. The summed E-state index contributed by atoms with van der Waals surface area (Å²) in [4.78, 5) is 26.8. The van der Waals surface area contributed by atoms with E-state index in [2.05, 4.69) is 5.32 Å². The van der Waals surface area contributed by atoms with Crippen LogP contribution in [0.3, 0.4) is 0 Å².